The maximum absolute atomic E-state index is 10.9. The number of nitrogens with zero attached hydrogens (tertiary/aromatic N) is 1. The molecular formula is C10H14N2O2S. The molecule has 0 atom stereocenters. The van der Waals surface area contributed by atoms with Crippen molar-refractivity contribution in [3.63, 3.8) is 0 Å². The largest absolute Gasteiger partial charge is 0.476 e. The Morgan fingerprint density at radius 1 is 1.73 bits per heavy atom. The van der Waals surface area contributed by atoms with E-state index in [1.54, 1.807) is 5.51 Å². The van der Waals surface area contributed by atoms with Crippen LogP contribution in [-0.2, 0) is 0 Å². The lowest BCUT2D eigenvalue weighted by atomic mass is 9.75. The Kier molecular flexibility index (Phi) is 2.65. The Morgan fingerprint density at radius 3 is 2.93 bits per heavy atom. The van der Waals surface area contributed by atoms with Crippen molar-refractivity contribution >= 4 is 22.3 Å². The minimum absolute atomic E-state index is 0.122. The predicted molar refractivity (Wildman–Crippen MR) is 59.6 cm³/mol. The summed E-state index contributed by atoms with van der Waals surface area (Å²) < 4.78 is 0. The van der Waals surface area contributed by atoms with Crippen molar-refractivity contribution in [2.45, 2.75) is 38.1 Å². The number of carboxylic acid groups (broad SMARTS) is 1. The average Bonchev–Trinajstić information content (AvgIpc) is 2.59. The van der Waals surface area contributed by atoms with Gasteiger partial charge in [-0.3, -0.25) is 0 Å². The summed E-state index contributed by atoms with van der Waals surface area (Å²) in [6.07, 6.45) is 4.51. The van der Waals surface area contributed by atoms with Crippen LogP contribution in [0.5, 0.6) is 0 Å². The lowest BCUT2D eigenvalue weighted by Crippen LogP contribution is -2.44. The number of carbonyl (C=O) groups is 1. The van der Waals surface area contributed by atoms with Crippen LogP contribution < -0.4 is 5.32 Å². The van der Waals surface area contributed by atoms with Crippen LogP contribution in [0.2, 0.25) is 0 Å². The van der Waals surface area contributed by atoms with E-state index in [2.05, 4.69) is 17.2 Å². The van der Waals surface area contributed by atoms with Gasteiger partial charge in [-0.15, -0.1) is 11.3 Å². The highest BCUT2D eigenvalue weighted by Crippen LogP contribution is 2.39. The first-order valence-electron chi connectivity index (χ1n) is 5.12. The van der Waals surface area contributed by atoms with E-state index in [-0.39, 0.29) is 11.2 Å². The number of aromatic carboxylic acids is 1. The zero-order chi connectivity index (χ0) is 10.9. The number of rotatable bonds is 4. The summed E-state index contributed by atoms with van der Waals surface area (Å²) >= 11 is 1.37. The second kappa shape index (κ2) is 3.81. The van der Waals surface area contributed by atoms with Crippen LogP contribution in [0.25, 0.3) is 0 Å². The van der Waals surface area contributed by atoms with Crippen LogP contribution in [0.4, 0.5) is 5.00 Å². The molecule has 15 heavy (non-hydrogen) atoms. The van der Waals surface area contributed by atoms with Crippen molar-refractivity contribution in [2.24, 2.45) is 0 Å². The minimum atomic E-state index is -0.954. The first-order valence-corrected chi connectivity index (χ1v) is 6.00. The maximum Gasteiger partial charge on any atom is 0.357 e. The lowest BCUT2D eigenvalue weighted by molar-refractivity contribution is 0.0692. The third-order valence-electron chi connectivity index (χ3n) is 3.14. The van der Waals surface area contributed by atoms with Crippen LogP contribution in [0.15, 0.2) is 5.51 Å². The first kappa shape index (κ1) is 10.4. The Balaban J connectivity index is 2.16. The quantitative estimate of drug-likeness (QED) is 0.828. The molecule has 1 aliphatic rings. The van der Waals surface area contributed by atoms with Gasteiger partial charge in [0.25, 0.3) is 0 Å². The number of hydrogen-bond acceptors (Lipinski definition) is 4. The molecular weight excluding hydrogens is 212 g/mol. The molecule has 1 saturated carbocycles. The molecule has 0 spiro atoms. The van der Waals surface area contributed by atoms with Gasteiger partial charge in [-0.1, -0.05) is 6.92 Å². The van der Waals surface area contributed by atoms with E-state index in [1.165, 1.54) is 17.8 Å². The average molecular weight is 226 g/mol. The fraction of sp³-hybridized carbons (Fsp3) is 0.600. The third kappa shape index (κ3) is 1.84. The van der Waals surface area contributed by atoms with Gasteiger partial charge in [0.1, 0.15) is 5.00 Å². The van der Waals surface area contributed by atoms with Crippen molar-refractivity contribution in [2.75, 3.05) is 5.32 Å². The summed E-state index contributed by atoms with van der Waals surface area (Å²) in [4.78, 5) is 14.7. The van der Waals surface area contributed by atoms with E-state index in [0.717, 1.165) is 19.3 Å². The van der Waals surface area contributed by atoms with Gasteiger partial charge in [-0.2, -0.15) is 0 Å². The molecule has 2 rings (SSSR count). The molecule has 0 bridgehead atoms. The highest BCUT2D eigenvalue weighted by molar-refractivity contribution is 7.14. The van der Waals surface area contributed by atoms with E-state index < -0.39 is 5.97 Å². The minimum Gasteiger partial charge on any atom is -0.476 e. The zero-order valence-corrected chi connectivity index (χ0v) is 9.43. The Labute approximate surface area is 92.3 Å². The predicted octanol–water partition coefficient (Wildman–Crippen LogP) is 2.59. The molecule has 0 aliphatic heterocycles. The number of aromatic nitrogens is 1. The van der Waals surface area contributed by atoms with Crippen LogP contribution in [-0.4, -0.2) is 21.6 Å². The van der Waals surface area contributed by atoms with Gasteiger partial charge >= 0.3 is 5.97 Å². The van der Waals surface area contributed by atoms with E-state index in [4.69, 9.17) is 5.11 Å². The van der Waals surface area contributed by atoms with Gasteiger partial charge < -0.3 is 10.4 Å². The van der Waals surface area contributed by atoms with Gasteiger partial charge in [0, 0.05) is 5.54 Å². The summed E-state index contributed by atoms with van der Waals surface area (Å²) in [6.45, 7) is 2.13. The fourth-order valence-corrected chi connectivity index (χ4v) is 2.69. The summed E-state index contributed by atoms with van der Waals surface area (Å²) in [5, 5.41) is 13.0. The summed E-state index contributed by atoms with van der Waals surface area (Å²) in [5.41, 5.74) is 1.85. The highest BCUT2D eigenvalue weighted by Gasteiger charge is 2.36. The summed E-state index contributed by atoms with van der Waals surface area (Å²) in [7, 11) is 0. The number of carboxylic acids is 1. The number of anilines is 1. The number of hydrogen-bond donors (Lipinski definition) is 2. The van der Waals surface area contributed by atoms with E-state index >= 15 is 0 Å². The van der Waals surface area contributed by atoms with Crippen molar-refractivity contribution in [3.05, 3.63) is 11.2 Å². The number of thiazole rings is 1. The van der Waals surface area contributed by atoms with E-state index in [0.29, 0.717) is 5.00 Å². The van der Waals surface area contributed by atoms with Gasteiger partial charge in [-0.25, -0.2) is 9.78 Å². The second-order valence-electron chi connectivity index (χ2n) is 3.95. The Morgan fingerprint density at radius 2 is 2.47 bits per heavy atom. The highest BCUT2D eigenvalue weighted by atomic mass is 32.1. The topological polar surface area (TPSA) is 62.2 Å². The molecule has 0 radical (unpaired) electrons. The zero-order valence-electron chi connectivity index (χ0n) is 8.62. The molecule has 1 fully saturated rings. The van der Waals surface area contributed by atoms with E-state index in [9.17, 15) is 4.79 Å². The normalized spacial score (nSPS) is 18.2. The summed E-state index contributed by atoms with van der Waals surface area (Å²) in [5.74, 6) is -0.954. The van der Waals surface area contributed by atoms with Gasteiger partial charge in [0.15, 0.2) is 5.69 Å². The standard InChI is InChI=1S/C10H14N2O2S/c1-2-10(4-3-5-10)12-8-7(9(13)14)11-6-15-8/h6,12H,2-5H2,1H3,(H,13,14). The first-order chi connectivity index (χ1) is 7.17. The van der Waals surface area contributed by atoms with E-state index in [1.807, 2.05) is 0 Å². The molecule has 2 N–H and O–H groups in total. The molecule has 4 nitrogen and oxygen atoms in total. The molecule has 0 aromatic carbocycles. The molecule has 0 unspecified atom stereocenters. The van der Waals surface area contributed by atoms with Crippen molar-refractivity contribution in [3.8, 4) is 0 Å². The van der Waals surface area contributed by atoms with Gasteiger partial charge in [-0.05, 0) is 25.7 Å². The molecule has 0 amide bonds. The SMILES string of the molecule is CCC1(Nc2scnc2C(=O)O)CCC1. The smallest absolute Gasteiger partial charge is 0.357 e. The molecule has 1 aromatic rings. The van der Waals surface area contributed by atoms with Crippen LogP contribution >= 0.6 is 11.3 Å². The molecule has 1 heterocycles. The van der Waals surface area contributed by atoms with Crippen LogP contribution in [0.3, 0.4) is 0 Å². The molecule has 1 aliphatic carbocycles. The van der Waals surface area contributed by atoms with Crippen molar-refractivity contribution in [1.82, 2.24) is 4.98 Å². The monoisotopic (exact) mass is 226 g/mol. The second-order valence-corrected chi connectivity index (χ2v) is 4.80. The van der Waals surface area contributed by atoms with Crippen molar-refractivity contribution in [1.29, 1.82) is 0 Å². The lowest BCUT2D eigenvalue weighted by Gasteiger charge is -2.42. The van der Waals surface area contributed by atoms with Crippen LogP contribution in [0, 0.1) is 0 Å². The van der Waals surface area contributed by atoms with Gasteiger partial charge in [0.05, 0.1) is 5.51 Å². The van der Waals surface area contributed by atoms with Crippen LogP contribution in [0.1, 0.15) is 43.1 Å². The molecule has 5 heteroatoms. The van der Waals surface area contributed by atoms with Crippen molar-refractivity contribution < 1.29 is 9.90 Å². The molecule has 0 saturated heterocycles. The number of nitrogens with one attached hydrogen (secondary N) is 1. The fourth-order valence-electron chi connectivity index (χ4n) is 1.90. The molecule has 1 aromatic heterocycles. The Bertz CT molecular complexity index is 366. The Hall–Kier alpha value is -1.10. The third-order valence-corrected chi connectivity index (χ3v) is 3.88. The van der Waals surface area contributed by atoms with Gasteiger partial charge in [0.2, 0.25) is 0 Å². The maximum atomic E-state index is 10.9. The summed E-state index contributed by atoms with van der Waals surface area (Å²) in [6, 6.07) is 0. The molecule has 82 valence electrons.